The summed E-state index contributed by atoms with van der Waals surface area (Å²) in [6.07, 6.45) is 2.47. The number of anilines is 3. The number of para-hydroxylation sites is 1. The van der Waals surface area contributed by atoms with Gasteiger partial charge in [-0.2, -0.15) is 0 Å². The summed E-state index contributed by atoms with van der Waals surface area (Å²) in [7, 11) is 0. The Hall–Kier alpha value is -3.15. The molecule has 0 fully saturated rings. The van der Waals surface area contributed by atoms with Crippen molar-refractivity contribution in [1.29, 1.82) is 0 Å². The molecule has 2 aromatic carbocycles. The molecule has 0 bridgehead atoms. The summed E-state index contributed by atoms with van der Waals surface area (Å²) in [5.74, 6) is 0.912. The average Bonchev–Trinajstić information content (AvgIpc) is 2.59. The third-order valence-corrected chi connectivity index (χ3v) is 3.34. The van der Waals surface area contributed by atoms with E-state index in [1.165, 1.54) is 0 Å². The first kappa shape index (κ1) is 14.8. The Labute approximate surface area is 134 Å². The van der Waals surface area contributed by atoms with E-state index in [0.717, 1.165) is 29.9 Å². The summed E-state index contributed by atoms with van der Waals surface area (Å²) in [4.78, 5) is 0. The van der Waals surface area contributed by atoms with Crippen LogP contribution in [0.25, 0.3) is 0 Å². The minimum absolute atomic E-state index is 0.276. The van der Waals surface area contributed by atoms with Crippen LogP contribution < -0.4 is 10.6 Å². The SMILES string of the molecule is Oc1ccc(CCNc2cnnnc2Nc2ccccc2)cc1. The molecule has 3 rings (SSSR count). The molecule has 0 aliphatic carbocycles. The quantitative estimate of drug-likeness (QED) is 0.649. The van der Waals surface area contributed by atoms with Crippen molar-refractivity contribution in [2.45, 2.75) is 6.42 Å². The zero-order valence-corrected chi connectivity index (χ0v) is 12.5. The van der Waals surface area contributed by atoms with Gasteiger partial charge in [-0.05, 0) is 41.5 Å². The second-order valence-electron chi connectivity index (χ2n) is 5.03. The van der Waals surface area contributed by atoms with Gasteiger partial charge in [0.15, 0.2) is 5.82 Å². The highest BCUT2D eigenvalue weighted by molar-refractivity contribution is 5.69. The lowest BCUT2D eigenvalue weighted by Gasteiger charge is -2.11. The number of aromatic hydroxyl groups is 1. The minimum atomic E-state index is 0.276. The molecule has 0 saturated carbocycles. The van der Waals surface area contributed by atoms with Crippen LogP contribution >= 0.6 is 0 Å². The summed E-state index contributed by atoms with van der Waals surface area (Å²) in [6, 6.07) is 17.0. The lowest BCUT2D eigenvalue weighted by atomic mass is 10.1. The zero-order chi connectivity index (χ0) is 15.9. The maximum absolute atomic E-state index is 9.29. The molecule has 0 atom stereocenters. The summed E-state index contributed by atoms with van der Waals surface area (Å²) < 4.78 is 0. The topological polar surface area (TPSA) is 83.0 Å². The summed E-state index contributed by atoms with van der Waals surface area (Å²) >= 11 is 0. The molecular weight excluding hydrogens is 290 g/mol. The van der Waals surface area contributed by atoms with Gasteiger partial charge in [-0.15, -0.1) is 10.2 Å². The van der Waals surface area contributed by atoms with Crippen LogP contribution in [-0.2, 0) is 6.42 Å². The molecule has 0 amide bonds. The van der Waals surface area contributed by atoms with E-state index in [2.05, 4.69) is 26.0 Å². The molecule has 0 aliphatic rings. The third kappa shape index (κ3) is 4.16. The number of aromatic nitrogens is 3. The Morgan fingerprint density at radius 2 is 1.74 bits per heavy atom. The van der Waals surface area contributed by atoms with Crippen molar-refractivity contribution in [2.24, 2.45) is 0 Å². The van der Waals surface area contributed by atoms with Crippen LogP contribution in [0.3, 0.4) is 0 Å². The normalized spacial score (nSPS) is 10.3. The molecule has 23 heavy (non-hydrogen) atoms. The largest absolute Gasteiger partial charge is 0.508 e. The van der Waals surface area contributed by atoms with Crippen molar-refractivity contribution < 1.29 is 5.11 Å². The van der Waals surface area contributed by atoms with Gasteiger partial charge in [-0.25, -0.2) is 0 Å². The van der Waals surface area contributed by atoms with Gasteiger partial charge in [0.2, 0.25) is 0 Å². The molecule has 0 radical (unpaired) electrons. The van der Waals surface area contributed by atoms with Crippen molar-refractivity contribution in [2.75, 3.05) is 17.2 Å². The predicted octanol–water partition coefficient (Wildman–Crippen LogP) is 2.98. The van der Waals surface area contributed by atoms with Crippen molar-refractivity contribution in [3.63, 3.8) is 0 Å². The first-order valence-corrected chi connectivity index (χ1v) is 7.33. The van der Waals surface area contributed by atoms with E-state index in [0.29, 0.717) is 5.82 Å². The van der Waals surface area contributed by atoms with E-state index in [1.807, 2.05) is 42.5 Å². The van der Waals surface area contributed by atoms with Crippen LogP contribution in [0.5, 0.6) is 5.75 Å². The lowest BCUT2D eigenvalue weighted by molar-refractivity contribution is 0.475. The van der Waals surface area contributed by atoms with E-state index in [-0.39, 0.29) is 5.75 Å². The molecule has 0 spiro atoms. The van der Waals surface area contributed by atoms with Gasteiger partial charge in [0.25, 0.3) is 0 Å². The predicted molar refractivity (Wildman–Crippen MR) is 89.9 cm³/mol. The van der Waals surface area contributed by atoms with Gasteiger partial charge in [0.05, 0.1) is 11.9 Å². The van der Waals surface area contributed by atoms with Gasteiger partial charge in [0.1, 0.15) is 5.75 Å². The Morgan fingerprint density at radius 1 is 0.957 bits per heavy atom. The highest BCUT2D eigenvalue weighted by Gasteiger charge is 2.05. The van der Waals surface area contributed by atoms with Crippen molar-refractivity contribution in [3.05, 3.63) is 66.4 Å². The number of hydrogen-bond donors (Lipinski definition) is 3. The number of nitrogens with zero attached hydrogens (tertiary/aromatic N) is 3. The van der Waals surface area contributed by atoms with E-state index < -0.39 is 0 Å². The van der Waals surface area contributed by atoms with Crippen LogP contribution in [0.1, 0.15) is 5.56 Å². The fraction of sp³-hybridized carbons (Fsp3) is 0.118. The molecule has 3 aromatic rings. The Kier molecular flexibility index (Phi) is 4.63. The van der Waals surface area contributed by atoms with Crippen LogP contribution in [0.4, 0.5) is 17.2 Å². The molecular formula is C17H17N5O. The lowest BCUT2D eigenvalue weighted by Crippen LogP contribution is -2.09. The van der Waals surface area contributed by atoms with E-state index in [4.69, 9.17) is 0 Å². The number of nitrogens with one attached hydrogen (secondary N) is 2. The van der Waals surface area contributed by atoms with Gasteiger partial charge >= 0.3 is 0 Å². The second kappa shape index (κ2) is 7.22. The average molecular weight is 307 g/mol. The maximum Gasteiger partial charge on any atom is 0.179 e. The van der Waals surface area contributed by atoms with E-state index >= 15 is 0 Å². The minimum Gasteiger partial charge on any atom is -0.508 e. The maximum atomic E-state index is 9.29. The molecule has 6 heteroatoms. The number of benzene rings is 2. The standard InChI is InChI=1S/C17H17N5O/c23-15-8-6-13(7-9-15)10-11-18-16-12-19-22-21-17(16)20-14-4-2-1-3-5-14/h1-9,12,23H,10-11H2,(H,18,22)(H,19,20,21). The van der Waals surface area contributed by atoms with Gasteiger partial charge < -0.3 is 15.7 Å². The Morgan fingerprint density at radius 3 is 2.52 bits per heavy atom. The van der Waals surface area contributed by atoms with Crippen LogP contribution in [0.2, 0.25) is 0 Å². The number of phenolic OH excluding ortho intramolecular Hbond substituents is 1. The molecule has 3 N–H and O–H groups in total. The number of rotatable bonds is 6. The monoisotopic (exact) mass is 307 g/mol. The molecule has 0 saturated heterocycles. The fourth-order valence-electron chi connectivity index (χ4n) is 2.15. The molecule has 1 heterocycles. The van der Waals surface area contributed by atoms with Crippen molar-refractivity contribution in [3.8, 4) is 5.75 Å². The first-order valence-electron chi connectivity index (χ1n) is 7.33. The van der Waals surface area contributed by atoms with Crippen LogP contribution in [0.15, 0.2) is 60.8 Å². The summed E-state index contributed by atoms with van der Waals surface area (Å²) in [5.41, 5.74) is 2.88. The Bertz CT molecular complexity index is 746. The second-order valence-corrected chi connectivity index (χ2v) is 5.03. The first-order chi connectivity index (χ1) is 11.3. The molecule has 0 aliphatic heterocycles. The molecule has 1 aromatic heterocycles. The van der Waals surface area contributed by atoms with Crippen LogP contribution in [0, 0.1) is 0 Å². The zero-order valence-electron chi connectivity index (χ0n) is 12.5. The smallest absolute Gasteiger partial charge is 0.179 e. The van der Waals surface area contributed by atoms with E-state index in [1.54, 1.807) is 18.3 Å². The van der Waals surface area contributed by atoms with E-state index in [9.17, 15) is 5.11 Å². The fourth-order valence-corrected chi connectivity index (χ4v) is 2.15. The molecule has 116 valence electrons. The number of phenols is 1. The number of hydrogen-bond acceptors (Lipinski definition) is 6. The van der Waals surface area contributed by atoms with Gasteiger partial charge in [0, 0.05) is 12.2 Å². The Balaban J connectivity index is 1.62. The van der Waals surface area contributed by atoms with Crippen molar-refractivity contribution in [1.82, 2.24) is 15.4 Å². The van der Waals surface area contributed by atoms with Gasteiger partial charge in [-0.1, -0.05) is 30.3 Å². The summed E-state index contributed by atoms with van der Waals surface area (Å²) in [6.45, 7) is 0.724. The van der Waals surface area contributed by atoms with Gasteiger partial charge in [-0.3, -0.25) is 0 Å². The molecule has 6 nitrogen and oxygen atoms in total. The summed E-state index contributed by atoms with van der Waals surface area (Å²) in [5, 5.41) is 27.4. The third-order valence-electron chi connectivity index (χ3n) is 3.34. The highest BCUT2D eigenvalue weighted by atomic mass is 16.3. The molecule has 0 unspecified atom stereocenters. The highest BCUT2D eigenvalue weighted by Crippen LogP contribution is 2.21. The van der Waals surface area contributed by atoms with Crippen molar-refractivity contribution >= 4 is 17.2 Å². The van der Waals surface area contributed by atoms with Crippen LogP contribution in [-0.4, -0.2) is 27.1 Å².